The number of hydrogen-bond donors (Lipinski definition) is 2. The van der Waals surface area contributed by atoms with E-state index in [9.17, 15) is 0 Å². The fourth-order valence-electron chi connectivity index (χ4n) is 1.62. The summed E-state index contributed by atoms with van der Waals surface area (Å²) in [7, 11) is 0. The molecule has 0 unspecified atom stereocenters. The Labute approximate surface area is 97.1 Å². The minimum Gasteiger partial charge on any atom is -0.494 e. The number of nitrogens with one attached hydrogen (secondary N) is 1. The van der Waals surface area contributed by atoms with Crippen molar-refractivity contribution in [3.8, 4) is 5.75 Å². The fraction of sp³-hybridized carbons (Fsp3) is 0.462. The van der Waals surface area contributed by atoms with E-state index < -0.39 is 0 Å². The van der Waals surface area contributed by atoms with Crippen LogP contribution in [0.5, 0.6) is 5.75 Å². The van der Waals surface area contributed by atoms with E-state index in [-0.39, 0.29) is 5.84 Å². The van der Waals surface area contributed by atoms with Gasteiger partial charge in [-0.2, -0.15) is 0 Å². The maximum absolute atomic E-state index is 7.09. The van der Waals surface area contributed by atoms with Crippen molar-refractivity contribution in [2.75, 3.05) is 6.61 Å². The maximum atomic E-state index is 7.09. The van der Waals surface area contributed by atoms with Gasteiger partial charge in [0.2, 0.25) is 0 Å². The Balaban J connectivity index is 2.29. The molecule has 0 radical (unpaired) electrons. The smallest absolute Gasteiger partial charge is 0.119 e. The van der Waals surface area contributed by atoms with Crippen LogP contribution in [0.4, 0.5) is 0 Å². The summed E-state index contributed by atoms with van der Waals surface area (Å²) in [5, 5.41) is 7.09. The highest BCUT2D eigenvalue weighted by molar-refractivity contribution is 5.76. The van der Waals surface area contributed by atoms with Crippen LogP contribution in [0.2, 0.25) is 0 Å². The Morgan fingerprint density at radius 3 is 2.38 bits per heavy atom. The predicted octanol–water partition coefficient (Wildman–Crippen LogP) is 2.79. The van der Waals surface area contributed by atoms with E-state index >= 15 is 0 Å². The van der Waals surface area contributed by atoms with Crippen molar-refractivity contribution >= 4 is 5.84 Å². The average Bonchev–Trinajstić information content (AvgIpc) is 2.15. The fourth-order valence-corrected chi connectivity index (χ4v) is 1.62. The number of unbranched alkanes of at least 4 members (excludes halogenated alkanes) is 1. The van der Waals surface area contributed by atoms with Gasteiger partial charge in [0, 0.05) is 6.42 Å². The number of benzene rings is 1. The molecule has 0 atom stereocenters. The first-order valence-corrected chi connectivity index (χ1v) is 5.62. The van der Waals surface area contributed by atoms with Crippen LogP contribution in [-0.4, -0.2) is 12.4 Å². The number of nitrogens with two attached hydrogens (primary N) is 1. The van der Waals surface area contributed by atoms with Gasteiger partial charge in [-0.05, 0) is 49.9 Å². The summed E-state index contributed by atoms with van der Waals surface area (Å²) >= 11 is 0. The summed E-state index contributed by atoms with van der Waals surface area (Å²) in [5.41, 5.74) is 7.71. The standard InChI is InChI=1S/C13H20N2O/c1-10-7-11(2)9-12(8-10)16-6-4-3-5-13(14)15/h7-9H,3-6H2,1-2H3,(H3,14,15). The normalized spacial score (nSPS) is 10.1. The summed E-state index contributed by atoms with van der Waals surface area (Å²) in [6.07, 6.45) is 2.52. The first kappa shape index (κ1) is 12.6. The Kier molecular flexibility index (Phi) is 4.83. The molecule has 0 aliphatic carbocycles. The lowest BCUT2D eigenvalue weighted by molar-refractivity contribution is 0.307. The lowest BCUT2D eigenvalue weighted by Gasteiger charge is -2.07. The first-order valence-electron chi connectivity index (χ1n) is 5.62. The van der Waals surface area contributed by atoms with Crippen molar-refractivity contribution in [2.24, 2.45) is 5.73 Å². The molecule has 0 saturated carbocycles. The number of amidine groups is 1. The van der Waals surface area contributed by atoms with E-state index in [0.717, 1.165) is 18.6 Å². The topological polar surface area (TPSA) is 59.1 Å². The Hall–Kier alpha value is -1.51. The molecule has 0 spiro atoms. The zero-order valence-corrected chi connectivity index (χ0v) is 10.0. The van der Waals surface area contributed by atoms with Crippen LogP contribution >= 0.6 is 0 Å². The van der Waals surface area contributed by atoms with Crippen molar-refractivity contribution in [1.29, 1.82) is 5.41 Å². The summed E-state index contributed by atoms with van der Waals surface area (Å²) < 4.78 is 5.64. The van der Waals surface area contributed by atoms with Crippen molar-refractivity contribution < 1.29 is 4.74 Å². The molecule has 0 bridgehead atoms. The van der Waals surface area contributed by atoms with E-state index in [1.165, 1.54) is 11.1 Å². The highest BCUT2D eigenvalue weighted by atomic mass is 16.5. The van der Waals surface area contributed by atoms with Crippen LogP contribution in [0.15, 0.2) is 18.2 Å². The Morgan fingerprint density at radius 1 is 1.19 bits per heavy atom. The molecule has 3 N–H and O–H groups in total. The minimum absolute atomic E-state index is 0.256. The molecule has 0 aliphatic heterocycles. The molecule has 0 amide bonds. The second-order valence-corrected chi connectivity index (χ2v) is 4.15. The Morgan fingerprint density at radius 2 is 1.81 bits per heavy atom. The minimum atomic E-state index is 0.256. The van der Waals surface area contributed by atoms with Crippen molar-refractivity contribution in [3.63, 3.8) is 0 Å². The van der Waals surface area contributed by atoms with Gasteiger partial charge >= 0.3 is 0 Å². The third kappa shape index (κ3) is 4.82. The second-order valence-electron chi connectivity index (χ2n) is 4.15. The highest BCUT2D eigenvalue weighted by Crippen LogP contribution is 2.16. The van der Waals surface area contributed by atoms with Crippen molar-refractivity contribution in [3.05, 3.63) is 29.3 Å². The number of hydrogen-bond acceptors (Lipinski definition) is 2. The SMILES string of the molecule is Cc1cc(C)cc(OCCCCC(=N)N)c1. The summed E-state index contributed by atoms with van der Waals surface area (Å²) in [5.74, 6) is 1.19. The molecule has 1 aromatic rings. The molecule has 0 aliphatic rings. The summed E-state index contributed by atoms with van der Waals surface area (Å²) in [6.45, 7) is 4.82. The van der Waals surface area contributed by atoms with Crippen LogP contribution < -0.4 is 10.5 Å². The number of aryl methyl sites for hydroxylation is 2. The predicted molar refractivity (Wildman–Crippen MR) is 67.2 cm³/mol. The zero-order chi connectivity index (χ0) is 12.0. The third-order valence-corrected chi connectivity index (χ3v) is 2.30. The van der Waals surface area contributed by atoms with Crippen molar-refractivity contribution in [1.82, 2.24) is 0 Å². The van der Waals surface area contributed by atoms with Crippen LogP contribution in [0.1, 0.15) is 30.4 Å². The molecule has 3 nitrogen and oxygen atoms in total. The van der Waals surface area contributed by atoms with Gasteiger partial charge in [-0.3, -0.25) is 5.41 Å². The monoisotopic (exact) mass is 220 g/mol. The first-order chi connectivity index (χ1) is 7.58. The van der Waals surface area contributed by atoms with E-state index in [0.29, 0.717) is 13.0 Å². The van der Waals surface area contributed by atoms with E-state index in [1.807, 2.05) is 12.1 Å². The van der Waals surface area contributed by atoms with Gasteiger partial charge in [0.15, 0.2) is 0 Å². The molecule has 16 heavy (non-hydrogen) atoms. The van der Waals surface area contributed by atoms with Crippen molar-refractivity contribution in [2.45, 2.75) is 33.1 Å². The van der Waals surface area contributed by atoms with Gasteiger partial charge in [0.05, 0.1) is 12.4 Å². The largest absolute Gasteiger partial charge is 0.494 e. The molecular formula is C13H20N2O. The van der Waals surface area contributed by atoms with E-state index in [2.05, 4.69) is 19.9 Å². The van der Waals surface area contributed by atoms with Gasteiger partial charge in [-0.15, -0.1) is 0 Å². The summed E-state index contributed by atoms with van der Waals surface area (Å²) in [4.78, 5) is 0. The molecule has 0 heterocycles. The average molecular weight is 220 g/mol. The van der Waals surface area contributed by atoms with E-state index in [4.69, 9.17) is 15.9 Å². The molecule has 0 aromatic heterocycles. The second kappa shape index (κ2) is 6.16. The van der Waals surface area contributed by atoms with Crippen LogP contribution in [0.25, 0.3) is 0 Å². The molecular weight excluding hydrogens is 200 g/mol. The maximum Gasteiger partial charge on any atom is 0.119 e. The number of rotatable bonds is 6. The van der Waals surface area contributed by atoms with Gasteiger partial charge in [-0.25, -0.2) is 0 Å². The van der Waals surface area contributed by atoms with Crippen LogP contribution in [0.3, 0.4) is 0 Å². The zero-order valence-electron chi connectivity index (χ0n) is 10.0. The van der Waals surface area contributed by atoms with Crippen LogP contribution in [0, 0.1) is 19.3 Å². The van der Waals surface area contributed by atoms with Gasteiger partial charge in [0.1, 0.15) is 5.75 Å². The molecule has 88 valence electrons. The quantitative estimate of drug-likeness (QED) is 0.440. The lowest BCUT2D eigenvalue weighted by atomic mass is 10.1. The molecule has 0 saturated heterocycles. The molecule has 0 fully saturated rings. The van der Waals surface area contributed by atoms with Gasteiger partial charge < -0.3 is 10.5 Å². The highest BCUT2D eigenvalue weighted by Gasteiger charge is 1.97. The lowest BCUT2D eigenvalue weighted by Crippen LogP contribution is -2.09. The number of ether oxygens (including phenoxy) is 1. The molecule has 3 heteroatoms. The van der Waals surface area contributed by atoms with Gasteiger partial charge in [0.25, 0.3) is 0 Å². The van der Waals surface area contributed by atoms with E-state index in [1.54, 1.807) is 0 Å². The molecule has 1 rings (SSSR count). The van der Waals surface area contributed by atoms with Crippen LogP contribution in [-0.2, 0) is 0 Å². The Bertz CT molecular complexity index is 341. The summed E-state index contributed by atoms with van der Waals surface area (Å²) in [6, 6.07) is 6.21. The molecule has 1 aromatic carbocycles. The van der Waals surface area contributed by atoms with Gasteiger partial charge in [-0.1, -0.05) is 6.07 Å². The third-order valence-electron chi connectivity index (χ3n) is 2.30.